The van der Waals surface area contributed by atoms with Crippen molar-refractivity contribution in [1.82, 2.24) is 9.88 Å². The molecule has 29 heavy (non-hydrogen) atoms. The zero-order valence-corrected chi connectivity index (χ0v) is 17.5. The first-order valence-corrected chi connectivity index (χ1v) is 10.7. The standard InChI is InChI=1S/C22H21ClFN3OS/c1-14-25-20(13-29-14)12-27-11-16(9-21(27)15-5-7-18(24)8-6-15)22(28)26-19-4-2-3-17(23)10-19/h2-8,10,13,16,21H,9,11-12H2,1H3,(H,26,28)/t16-,21-/m1/s1. The minimum Gasteiger partial charge on any atom is -0.326 e. The molecule has 2 aromatic carbocycles. The van der Waals surface area contributed by atoms with E-state index in [0.717, 1.165) is 16.3 Å². The van der Waals surface area contributed by atoms with Crippen molar-refractivity contribution in [1.29, 1.82) is 0 Å². The van der Waals surface area contributed by atoms with Crippen molar-refractivity contribution in [3.8, 4) is 0 Å². The molecule has 2 heterocycles. The number of nitrogens with one attached hydrogen (secondary N) is 1. The van der Waals surface area contributed by atoms with Crippen LogP contribution in [-0.4, -0.2) is 22.3 Å². The van der Waals surface area contributed by atoms with E-state index in [0.29, 0.717) is 30.2 Å². The molecular formula is C22H21ClFN3OS. The molecule has 3 aromatic rings. The Labute approximate surface area is 178 Å². The van der Waals surface area contributed by atoms with E-state index in [4.69, 9.17) is 11.6 Å². The van der Waals surface area contributed by atoms with Crippen LogP contribution in [0.2, 0.25) is 5.02 Å². The highest BCUT2D eigenvalue weighted by Gasteiger charge is 2.37. The van der Waals surface area contributed by atoms with Gasteiger partial charge < -0.3 is 5.32 Å². The average Bonchev–Trinajstić information content (AvgIpc) is 3.29. The Balaban J connectivity index is 1.53. The third-order valence-electron chi connectivity index (χ3n) is 5.15. The molecule has 0 radical (unpaired) electrons. The van der Waals surface area contributed by atoms with Gasteiger partial charge in [-0.15, -0.1) is 11.3 Å². The van der Waals surface area contributed by atoms with E-state index in [1.54, 1.807) is 35.6 Å². The molecule has 150 valence electrons. The molecule has 1 fully saturated rings. The van der Waals surface area contributed by atoms with E-state index in [2.05, 4.69) is 20.6 Å². The highest BCUT2D eigenvalue weighted by atomic mass is 35.5. The van der Waals surface area contributed by atoms with E-state index in [-0.39, 0.29) is 23.7 Å². The van der Waals surface area contributed by atoms with Crippen molar-refractivity contribution in [3.05, 3.63) is 81.0 Å². The third kappa shape index (κ3) is 4.83. The molecule has 4 rings (SSSR count). The summed E-state index contributed by atoms with van der Waals surface area (Å²) in [6.45, 7) is 3.26. The maximum atomic E-state index is 13.4. The van der Waals surface area contributed by atoms with Crippen molar-refractivity contribution in [2.75, 3.05) is 11.9 Å². The van der Waals surface area contributed by atoms with Gasteiger partial charge >= 0.3 is 0 Å². The largest absolute Gasteiger partial charge is 0.326 e. The molecule has 0 saturated carbocycles. The lowest BCUT2D eigenvalue weighted by Gasteiger charge is -2.23. The molecule has 1 N–H and O–H groups in total. The summed E-state index contributed by atoms with van der Waals surface area (Å²) in [4.78, 5) is 19.7. The maximum Gasteiger partial charge on any atom is 0.228 e. The van der Waals surface area contributed by atoms with Gasteiger partial charge in [0.1, 0.15) is 5.82 Å². The highest BCUT2D eigenvalue weighted by Crippen LogP contribution is 2.37. The molecule has 0 unspecified atom stereocenters. The number of benzene rings is 2. The summed E-state index contributed by atoms with van der Waals surface area (Å²) in [5.74, 6) is -0.469. The number of aryl methyl sites for hydroxylation is 1. The van der Waals surface area contributed by atoms with Crippen molar-refractivity contribution in [2.45, 2.75) is 25.9 Å². The van der Waals surface area contributed by atoms with Crippen LogP contribution < -0.4 is 5.32 Å². The summed E-state index contributed by atoms with van der Waals surface area (Å²) in [5, 5.41) is 6.63. The number of amides is 1. The smallest absolute Gasteiger partial charge is 0.228 e. The minimum absolute atomic E-state index is 0.0312. The molecule has 2 atom stereocenters. The topological polar surface area (TPSA) is 45.2 Å². The van der Waals surface area contributed by atoms with Crippen LogP contribution in [0.1, 0.15) is 28.7 Å². The van der Waals surface area contributed by atoms with Crippen molar-refractivity contribution in [3.63, 3.8) is 0 Å². The van der Waals surface area contributed by atoms with E-state index >= 15 is 0 Å². The van der Waals surface area contributed by atoms with Gasteiger partial charge in [0.25, 0.3) is 0 Å². The summed E-state index contributed by atoms with van der Waals surface area (Å²) in [6, 6.07) is 13.7. The summed E-state index contributed by atoms with van der Waals surface area (Å²) in [5.41, 5.74) is 2.70. The zero-order chi connectivity index (χ0) is 20.4. The van der Waals surface area contributed by atoms with Gasteiger partial charge in [-0.3, -0.25) is 9.69 Å². The van der Waals surface area contributed by atoms with Gasteiger partial charge in [0, 0.05) is 35.2 Å². The van der Waals surface area contributed by atoms with E-state index in [9.17, 15) is 9.18 Å². The van der Waals surface area contributed by atoms with Crippen LogP contribution in [0.5, 0.6) is 0 Å². The third-order valence-corrected chi connectivity index (χ3v) is 6.21. The Morgan fingerprint density at radius 1 is 1.31 bits per heavy atom. The van der Waals surface area contributed by atoms with Gasteiger partial charge in [0.15, 0.2) is 0 Å². The number of nitrogens with zero attached hydrogens (tertiary/aromatic N) is 2. The Hall–Kier alpha value is -2.28. The quantitative estimate of drug-likeness (QED) is 0.586. The van der Waals surface area contributed by atoms with E-state index in [1.807, 2.05) is 19.1 Å². The predicted octanol–water partition coefficient (Wildman–Crippen LogP) is 5.45. The summed E-state index contributed by atoms with van der Waals surface area (Å²) >= 11 is 7.64. The number of hydrogen-bond acceptors (Lipinski definition) is 4. The number of rotatable bonds is 5. The van der Waals surface area contributed by atoms with Crippen molar-refractivity contribution < 1.29 is 9.18 Å². The van der Waals surface area contributed by atoms with Gasteiger partial charge in [0.2, 0.25) is 5.91 Å². The van der Waals surface area contributed by atoms with Crippen LogP contribution in [0, 0.1) is 18.7 Å². The molecule has 1 aliphatic heterocycles. The van der Waals surface area contributed by atoms with Crippen LogP contribution in [0.3, 0.4) is 0 Å². The number of likely N-dealkylation sites (tertiary alicyclic amines) is 1. The minimum atomic E-state index is -0.260. The number of hydrogen-bond donors (Lipinski definition) is 1. The van der Waals surface area contributed by atoms with Crippen LogP contribution >= 0.6 is 22.9 Å². The van der Waals surface area contributed by atoms with Crippen LogP contribution in [0.15, 0.2) is 53.9 Å². The summed E-state index contributed by atoms with van der Waals surface area (Å²) in [7, 11) is 0. The second-order valence-electron chi connectivity index (χ2n) is 7.29. The molecule has 1 amide bonds. The van der Waals surface area contributed by atoms with Crippen molar-refractivity contribution in [2.24, 2.45) is 5.92 Å². The average molecular weight is 430 g/mol. The summed E-state index contributed by atoms with van der Waals surface area (Å²) in [6.07, 6.45) is 0.668. The molecule has 0 spiro atoms. The van der Waals surface area contributed by atoms with Gasteiger partial charge in [0.05, 0.1) is 16.6 Å². The number of carbonyl (C=O) groups is 1. The highest BCUT2D eigenvalue weighted by molar-refractivity contribution is 7.09. The molecular weight excluding hydrogens is 409 g/mol. The van der Waals surface area contributed by atoms with E-state index in [1.165, 1.54) is 12.1 Å². The maximum absolute atomic E-state index is 13.4. The first-order chi connectivity index (χ1) is 14.0. The Morgan fingerprint density at radius 2 is 2.10 bits per heavy atom. The Bertz CT molecular complexity index is 1010. The lowest BCUT2D eigenvalue weighted by atomic mass is 9.99. The van der Waals surface area contributed by atoms with Crippen LogP contribution in [0.4, 0.5) is 10.1 Å². The fourth-order valence-electron chi connectivity index (χ4n) is 3.80. The number of thiazole rings is 1. The van der Waals surface area contributed by atoms with Crippen LogP contribution in [0.25, 0.3) is 0 Å². The first kappa shape index (κ1) is 20.0. The van der Waals surface area contributed by atoms with Gasteiger partial charge in [-0.1, -0.05) is 29.8 Å². The molecule has 0 aliphatic carbocycles. The SMILES string of the molecule is Cc1nc(CN2C[C@H](C(=O)Nc3cccc(Cl)c3)C[C@@H]2c2ccc(F)cc2)cs1. The fraction of sp³-hybridized carbons (Fsp3) is 0.273. The van der Waals surface area contributed by atoms with Gasteiger partial charge in [-0.2, -0.15) is 0 Å². The Morgan fingerprint density at radius 3 is 2.79 bits per heavy atom. The number of halogens is 2. The summed E-state index contributed by atoms with van der Waals surface area (Å²) < 4.78 is 13.4. The number of anilines is 1. The second kappa shape index (κ2) is 8.61. The van der Waals surface area contributed by atoms with Crippen LogP contribution in [-0.2, 0) is 11.3 Å². The zero-order valence-electron chi connectivity index (χ0n) is 15.9. The Kier molecular flexibility index (Phi) is 5.94. The van der Waals surface area contributed by atoms with Gasteiger partial charge in [-0.25, -0.2) is 9.37 Å². The van der Waals surface area contributed by atoms with Crippen molar-refractivity contribution >= 4 is 34.5 Å². The predicted molar refractivity (Wildman–Crippen MR) is 115 cm³/mol. The monoisotopic (exact) mass is 429 g/mol. The first-order valence-electron chi connectivity index (χ1n) is 9.45. The lowest BCUT2D eigenvalue weighted by Crippen LogP contribution is -2.27. The molecule has 4 nitrogen and oxygen atoms in total. The molecule has 1 aromatic heterocycles. The number of carbonyl (C=O) groups excluding carboxylic acids is 1. The fourth-order valence-corrected chi connectivity index (χ4v) is 4.59. The molecule has 7 heteroatoms. The van der Waals surface area contributed by atoms with Gasteiger partial charge in [-0.05, 0) is 49.2 Å². The van der Waals surface area contributed by atoms with E-state index < -0.39 is 0 Å². The molecule has 1 aliphatic rings. The molecule has 1 saturated heterocycles. The number of aromatic nitrogens is 1. The normalized spacial score (nSPS) is 19.4. The second-order valence-corrected chi connectivity index (χ2v) is 8.79. The lowest BCUT2D eigenvalue weighted by molar-refractivity contribution is -0.119. The molecule has 0 bridgehead atoms.